The van der Waals surface area contributed by atoms with Crippen LogP contribution in [0.4, 0.5) is 4.79 Å². The SMILES string of the molecule is CO[C@H](C)[C@H](NC(=O)OCC1c2ccccc2-c2ccccc21)C(=O)NC1CCCC1C(=O)O. The number of amides is 2. The van der Waals surface area contributed by atoms with Gasteiger partial charge in [-0.1, -0.05) is 55.0 Å². The van der Waals surface area contributed by atoms with Crippen molar-refractivity contribution in [3.63, 3.8) is 0 Å². The Balaban J connectivity index is 1.41. The highest BCUT2D eigenvalue weighted by Crippen LogP contribution is 2.44. The fourth-order valence-corrected chi connectivity index (χ4v) is 5.00. The fraction of sp³-hybridized carbons (Fsp3) is 0.423. The highest BCUT2D eigenvalue weighted by Gasteiger charge is 2.37. The lowest BCUT2D eigenvalue weighted by atomic mass is 9.98. The average Bonchev–Trinajstić information content (AvgIpc) is 3.43. The maximum Gasteiger partial charge on any atom is 0.407 e. The third-order valence-corrected chi connectivity index (χ3v) is 6.90. The molecule has 0 aromatic heterocycles. The van der Waals surface area contributed by atoms with Crippen molar-refractivity contribution in [3.05, 3.63) is 59.7 Å². The highest BCUT2D eigenvalue weighted by molar-refractivity contribution is 5.87. The molecule has 2 aliphatic rings. The topological polar surface area (TPSA) is 114 Å². The third-order valence-electron chi connectivity index (χ3n) is 6.90. The van der Waals surface area contributed by atoms with E-state index in [0.717, 1.165) is 28.7 Å². The van der Waals surface area contributed by atoms with Crippen molar-refractivity contribution in [2.45, 2.75) is 50.3 Å². The summed E-state index contributed by atoms with van der Waals surface area (Å²) < 4.78 is 10.9. The molecule has 34 heavy (non-hydrogen) atoms. The van der Waals surface area contributed by atoms with Crippen molar-refractivity contribution in [2.24, 2.45) is 5.92 Å². The van der Waals surface area contributed by atoms with E-state index in [1.54, 1.807) is 6.92 Å². The molecule has 0 radical (unpaired) electrons. The van der Waals surface area contributed by atoms with Crippen LogP contribution in [0.5, 0.6) is 0 Å². The van der Waals surface area contributed by atoms with Gasteiger partial charge in [-0.25, -0.2) is 4.79 Å². The predicted octanol–water partition coefficient (Wildman–Crippen LogP) is 3.30. The molecule has 0 bridgehead atoms. The van der Waals surface area contributed by atoms with Crippen LogP contribution in [-0.2, 0) is 19.1 Å². The Kier molecular flexibility index (Phi) is 7.17. The van der Waals surface area contributed by atoms with E-state index >= 15 is 0 Å². The summed E-state index contributed by atoms with van der Waals surface area (Å²) in [6, 6.07) is 14.6. The molecule has 180 valence electrons. The highest BCUT2D eigenvalue weighted by atomic mass is 16.5. The Morgan fingerprint density at radius 1 is 1.03 bits per heavy atom. The number of carboxylic acids is 1. The van der Waals surface area contributed by atoms with Crippen LogP contribution in [0.15, 0.2) is 48.5 Å². The number of hydrogen-bond donors (Lipinski definition) is 3. The molecule has 2 unspecified atom stereocenters. The summed E-state index contributed by atoms with van der Waals surface area (Å²) in [5, 5.41) is 14.8. The molecule has 0 aliphatic heterocycles. The number of benzene rings is 2. The molecule has 8 nitrogen and oxygen atoms in total. The molecule has 2 amide bonds. The van der Waals surface area contributed by atoms with Gasteiger partial charge < -0.3 is 25.2 Å². The first-order valence-corrected chi connectivity index (χ1v) is 11.6. The third kappa shape index (κ3) is 4.77. The van der Waals surface area contributed by atoms with Gasteiger partial charge in [0.1, 0.15) is 12.6 Å². The lowest BCUT2D eigenvalue weighted by molar-refractivity contribution is -0.142. The summed E-state index contributed by atoms with van der Waals surface area (Å²) in [7, 11) is 1.44. The van der Waals surface area contributed by atoms with Crippen LogP contribution in [0.2, 0.25) is 0 Å². The lowest BCUT2D eigenvalue weighted by Crippen LogP contribution is -2.55. The summed E-state index contributed by atoms with van der Waals surface area (Å²) >= 11 is 0. The Bertz CT molecular complexity index is 1030. The number of aliphatic carboxylic acids is 1. The number of methoxy groups -OCH3 is 1. The van der Waals surface area contributed by atoms with Crippen LogP contribution in [0.3, 0.4) is 0 Å². The minimum absolute atomic E-state index is 0.0971. The maximum atomic E-state index is 12.9. The largest absolute Gasteiger partial charge is 0.481 e. The smallest absolute Gasteiger partial charge is 0.407 e. The van der Waals surface area contributed by atoms with Crippen LogP contribution in [0, 0.1) is 5.92 Å². The molecular formula is C26H30N2O6. The van der Waals surface area contributed by atoms with E-state index in [2.05, 4.69) is 22.8 Å². The molecule has 8 heteroatoms. The fourth-order valence-electron chi connectivity index (χ4n) is 5.00. The second-order valence-electron chi connectivity index (χ2n) is 8.88. The van der Waals surface area contributed by atoms with Gasteiger partial charge in [0.05, 0.1) is 12.0 Å². The molecule has 0 heterocycles. The first kappa shape index (κ1) is 23.8. The van der Waals surface area contributed by atoms with Gasteiger partial charge in [0.2, 0.25) is 5.91 Å². The van der Waals surface area contributed by atoms with Crippen LogP contribution in [0.1, 0.15) is 43.2 Å². The van der Waals surface area contributed by atoms with Crippen molar-refractivity contribution in [3.8, 4) is 11.1 Å². The minimum atomic E-state index is -1.02. The number of carbonyl (C=O) groups is 3. The van der Waals surface area contributed by atoms with E-state index < -0.39 is 42.1 Å². The van der Waals surface area contributed by atoms with Crippen molar-refractivity contribution in [2.75, 3.05) is 13.7 Å². The Morgan fingerprint density at radius 3 is 2.24 bits per heavy atom. The first-order chi connectivity index (χ1) is 16.4. The van der Waals surface area contributed by atoms with Gasteiger partial charge in [0.15, 0.2) is 0 Å². The molecule has 0 saturated heterocycles. The van der Waals surface area contributed by atoms with E-state index in [4.69, 9.17) is 9.47 Å². The Hall–Kier alpha value is -3.39. The summed E-state index contributed by atoms with van der Waals surface area (Å²) in [5.74, 6) is -2.14. The molecule has 4 atom stereocenters. The maximum absolute atomic E-state index is 12.9. The second-order valence-corrected chi connectivity index (χ2v) is 8.88. The van der Waals surface area contributed by atoms with Crippen LogP contribution >= 0.6 is 0 Å². The summed E-state index contributed by atoms with van der Waals surface area (Å²) in [6.07, 6.45) is 0.468. The molecule has 2 aromatic carbocycles. The zero-order valence-corrected chi connectivity index (χ0v) is 19.3. The normalized spacial score (nSPS) is 20.6. The molecule has 1 fully saturated rings. The van der Waals surface area contributed by atoms with E-state index in [-0.39, 0.29) is 12.5 Å². The average molecular weight is 467 g/mol. The first-order valence-electron chi connectivity index (χ1n) is 11.6. The summed E-state index contributed by atoms with van der Waals surface area (Å²) in [5.41, 5.74) is 4.44. The van der Waals surface area contributed by atoms with Gasteiger partial charge >= 0.3 is 12.1 Å². The molecule has 2 aliphatic carbocycles. The Morgan fingerprint density at radius 2 is 1.65 bits per heavy atom. The van der Waals surface area contributed by atoms with E-state index in [1.807, 2.05) is 36.4 Å². The minimum Gasteiger partial charge on any atom is -0.481 e. The zero-order valence-electron chi connectivity index (χ0n) is 19.3. The van der Waals surface area contributed by atoms with Gasteiger partial charge in [-0.3, -0.25) is 9.59 Å². The van der Waals surface area contributed by atoms with Crippen molar-refractivity contribution >= 4 is 18.0 Å². The van der Waals surface area contributed by atoms with Crippen LogP contribution in [0.25, 0.3) is 11.1 Å². The zero-order chi connectivity index (χ0) is 24.2. The van der Waals surface area contributed by atoms with Gasteiger partial charge in [-0.15, -0.1) is 0 Å². The standard InChI is InChI=1S/C26H30N2O6/c1-15(33-2)23(24(29)27-22-13-7-12-20(22)25(30)31)28-26(32)34-14-21-18-10-5-3-8-16(18)17-9-4-6-11-19(17)21/h3-6,8-11,15,20-23H,7,12-14H2,1-2H3,(H,27,29)(H,28,32)(H,30,31)/t15-,20?,22?,23+/m1/s1. The number of carboxylic acid groups (broad SMARTS) is 1. The molecule has 0 spiro atoms. The van der Waals surface area contributed by atoms with E-state index in [9.17, 15) is 19.5 Å². The van der Waals surface area contributed by atoms with E-state index in [0.29, 0.717) is 12.8 Å². The predicted molar refractivity (Wildman–Crippen MR) is 125 cm³/mol. The molecular weight excluding hydrogens is 436 g/mol. The van der Waals surface area contributed by atoms with Crippen LogP contribution < -0.4 is 10.6 Å². The number of carbonyl (C=O) groups excluding carboxylic acids is 2. The number of rotatable bonds is 8. The number of hydrogen-bond acceptors (Lipinski definition) is 5. The van der Waals surface area contributed by atoms with Gasteiger partial charge in [0.25, 0.3) is 0 Å². The monoisotopic (exact) mass is 466 g/mol. The molecule has 4 rings (SSSR count). The number of alkyl carbamates (subject to hydrolysis) is 1. The van der Waals surface area contributed by atoms with Crippen LogP contribution in [-0.4, -0.2) is 55.0 Å². The Labute approximate surface area is 198 Å². The van der Waals surface area contributed by atoms with Gasteiger partial charge in [-0.05, 0) is 42.0 Å². The number of fused-ring (bicyclic) bond motifs is 3. The molecule has 3 N–H and O–H groups in total. The quantitative estimate of drug-likeness (QED) is 0.550. The van der Waals surface area contributed by atoms with Crippen molar-refractivity contribution in [1.82, 2.24) is 10.6 Å². The lowest BCUT2D eigenvalue weighted by Gasteiger charge is -2.26. The number of nitrogens with one attached hydrogen (secondary N) is 2. The van der Waals surface area contributed by atoms with Gasteiger partial charge in [-0.2, -0.15) is 0 Å². The van der Waals surface area contributed by atoms with Gasteiger partial charge in [0, 0.05) is 19.1 Å². The summed E-state index contributed by atoms with van der Waals surface area (Å²) in [4.78, 5) is 37.1. The van der Waals surface area contributed by atoms with Crippen molar-refractivity contribution < 1.29 is 29.0 Å². The van der Waals surface area contributed by atoms with E-state index in [1.165, 1.54) is 7.11 Å². The summed E-state index contributed by atoms with van der Waals surface area (Å²) in [6.45, 7) is 1.79. The molecule has 2 aromatic rings. The van der Waals surface area contributed by atoms with Crippen molar-refractivity contribution in [1.29, 1.82) is 0 Å². The second kappa shape index (κ2) is 10.3. The number of ether oxygens (including phenoxy) is 2. The molecule has 1 saturated carbocycles.